The molecular formula is C13H13F2N3O2S. The number of ether oxygens (including phenoxy) is 1. The summed E-state index contributed by atoms with van der Waals surface area (Å²) in [5, 5.41) is 4.63. The number of nitrogens with one attached hydrogen (secondary N) is 1. The first kappa shape index (κ1) is 15.2. The number of carbonyl (C=O) groups excluding carboxylic acids is 1. The number of nitrogen functional groups attached to an aromatic ring is 1. The Labute approximate surface area is 123 Å². The third kappa shape index (κ3) is 4.67. The third-order valence-corrected chi connectivity index (χ3v) is 3.28. The Morgan fingerprint density at radius 3 is 2.67 bits per heavy atom. The van der Waals surface area contributed by atoms with Gasteiger partial charge in [0.1, 0.15) is 11.4 Å². The average molecular weight is 313 g/mol. The summed E-state index contributed by atoms with van der Waals surface area (Å²) in [7, 11) is 0. The second-order valence-electron chi connectivity index (χ2n) is 4.10. The molecule has 1 amide bonds. The number of alkyl halides is 2. The van der Waals surface area contributed by atoms with E-state index < -0.39 is 6.61 Å². The predicted molar refractivity (Wildman–Crippen MR) is 75.6 cm³/mol. The van der Waals surface area contributed by atoms with Crippen molar-refractivity contribution in [2.45, 2.75) is 13.0 Å². The van der Waals surface area contributed by atoms with Crippen molar-refractivity contribution >= 4 is 22.4 Å². The summed E-state index contributed by atoms with van der Waals surface area (Å²) in [6.07, 6.45) is 0.570. The molecule has 2 aromatic rings. The lowest BCUT2D eigenvalue weighted by atomic mass is 10.1. The van der Waals surface area contributed by atoms with Gasteiger partial charge in [-0.1, -0.05) is 12.1 Å². The molecular weight excluding hydrogens is 300 g/mol. The monoisotopic (exact) mass is 313 g/mol. The van der Waals surface area contributed by atoms with Crippen molar-refractivity contribution in [2.24, 2.45) is 0 Å². The van der Waals surface area contributed by atoms with Crippen LogP contribution in [0.25, 0.3) is 0 Å². The smallest absolute Gasteiger partial charge is 0.387 e. The van der Waals surface area contributed by atoms with E-state index in [-0.39, 0.29) is 17.4 Å². The number of nitrogens with zero attached hydrogens (tertiary/aromatic N) is 1. The molecule has 8 heteroatoms. The highest BCUT2D eigenvalue weighted by molar-refractivity contribution is 7.13. The highest BCUT2D eigenvalue weighted by atomic mass is 32.1. The lowest BCUT2D eigenvalue weighted by Gasteiger charge is -2.06. The van der Waals surface area contributed by atoms with Crippen LogP contribution in [0.1, 0.15) is 16.1 Å². The molecule has 0 aliphatic rings. The van der Waals surface area contributed by atoms with Crippen LogP contribution >= 0.6 is 11.3 Å². The SMILES string of the molecule is Nc1nc(C(=O)NCCc2ccc(OC(F)F)cc2)cs1. The maximum absolute atomic E-state index is 12.0. The largest absolute Gasteiger partial charge is 0.435 e. The van der Waals surface area contributed by atoms with Crippen LogP contribution in [0.2, 0.25) is 0 Å². The fourth-order valence-electron chi connectivity index (χ4n) is 1.64. The number of nitrogens with two attached hydrogens (primary N) is 1. The minimum Gasteiger partial charge on any atom is -0.435 e. The number of benzene rings is 1. The summed E-state index contributed by atoms with van der Waals surface area (Å²) in [6.45, 7) is -2.42. The van der Waals surface area contributed by atoms with Crippen LogP contribution in [0.5, 0.6) is 5.75 Å². The van der Waals surface area contributed by atoms with Crippen LogP contribution in [0, 0.1) is 0 Å². The van der Waals surface area contributed by atoms with E-state index in [0.29, 0.717) is 18.1 Å². The minimum atomic E-state index is -2.83. The summed E-state index contributed by atoms with van der Waals surface area (Å²) in [5.74, 6) is -0.184. The van der Waals surface area contributed by atoms with E-state index in [4.69, 9.17) is 5.73 Å². The Morgan fingerprint density at radius 1 is 1.38 bits per heavy atom. The van der Waals surface area contributed by atoms with Crippen LogP contribution in [-0.4, -0.2) is 24.0 Å². The fraction of sp³-hybridized carbons (Fsp3) is 0.231. The van der Waals surface area contributed by atoms with Crippen LogP contribution in [0.15, 0.2) is 29.6 Å². The first-order chi connectivity index (χ1) is 10.0. The molecule has 1 aromatic carbocycles. The third-order valence-electron chi connectivity index (χ3n) is 2.60. The zero-order chi connectivity index (χ0) is 15.2. The Hall–Kier alpha value is -2.22. The topological polar surface area (TPSA) is 77.2 Å². The molecule has 3 N–H and O–H groups in total. The van der Waals surface area contributed by atoms with Crippen LogP contribution in [0.4, 0.5) is 13.9 Å². The van der Waals surface area contributed by atoms with Gasteiger partial charge in [-0.25, -0.2) is 4.98 Å². The molecule has 2 rings (SSSR count). The van der Waals surface area contributed by atoms with E-state index in [1.54, 1.807) is 17.5 Å². The van der Waals surface area contributed by atoms with Gasteiger partial charge in [0, 0.05) is 11.9 Å². The molecule has 0 aliphatic heterocycles. The Balaban J connectivity index is 1.79. The molecule has 0 saturated carbocycles. The van der Waals surface area contributed by atoms with Gasteiger partial charge >= 0.3 is 6.61 Å². The number of halogens is 2. The van der Waals surface area contributed by atoms with Crippen LogP contribution < -0.4 is 15.8 Å². The zero-order valence-corrected chi connectivity index (χ0v) is 11.7. The van der Waals surface area contributed by atoms with Crippen molar-refractivity contribution in [1.29, 1.82) is 0 Å². The van der Waals surface area contributed by atoms with Gasteiger partial charge < -0.3 is 15.8 Å². The van der Waals surface area contributed by atoms with Crippen LogP contribution in [-0.2, 0) is 6.42 Å². The Morgan fingerprint density at radius 2 is 2.10 bits per heavy atom. The summed E-state index contributed by atoms with van der Waals surface area (Å²) >= 11 is 1.20. The highest BCUT2D eigenvalue weighted by Crippen LogP contribution is 2.15. The first-order valence-electron chi connectivity index (χ1n) is 6.07. The number of hydrogen-bond donors (Lipinski definition) is 2. The molecule has 21 heavy (non-hydrogen) atoms. The van der Waals surface area contributed by atoms with Crippen molar-refractivity contribution in [1.82, 2.24) is 10.3 Å². The highest BCUT2D eigenvalue weighted by Gasteiger charge is 2.09. The molecule has 1 aromatic heterocycles. The van der Waals surface area contributed by atoms with Gasteiger partial charge in [0.05, 0.1) is 0 Å². The summed E-state index contributed by atoms with van der Waals surface area (Å²) in [6, 6.07) is 6.27. The standard InChI is InChI=1S/C13H13F2N3O2S/c14-12(15)20-9-3-1-8(2-4-9)5-6-17-11(19)10-7-21-13(16)18-10/h1-4,7,12H,5-6H2,(H2,16,18)(H,17,19). The zero-order valence-electron chi connectivity index (χ0n) is 10.9. The molecule has 0 fully saturated rings. The van der Waals surface area contributed by atoms with Gasteiger partial charge in [-0.15, -0.1) is 11.3 Å². The molecule has 0 radical (unpaired) electrons. The molecule has 0 aliphatic carbocycles. The van der Waals surface area contributed by atoms with E-state index in [2.05, 4.69) is 15.0 Å². The predicted octanol–water partition coefficient (Wildman–Crippen LogP) is 2.30. The summed E-state index contributed by atoms with van der Waals surface area (Å²) < 4.78 is 28.2. The van der Waals surface area contributed by atoms with Crippen LogP contribution in [0.3, 0.4) is 0 Å². The first-order valence-corrected chi connectivity index (χ1v) is 6.95. The fourth-order valence-corrected chi connectivity index (χ4v) is 2.18. The second kappa shape index (κ2) is 6.98. The van der Waals surface area contributed by atoms with Crippen molar-refractivity contribution < 1.29 is 18.3 Å². The second-order valence-corrected chi connectivity index (χ2v) is 4.99. The molecule has 112 valence electrons. The van der Waals surface area contributed by atoms with Gasteiger partial charge in [0.25, 0.3) is 5.91 Å². The van der Waals surface area contributed by atoms with Crippen molar-refractivity contribution in [3.8, 4) is 5.75 Å². The van der Waals surface area contributed by atoms with Crippen molar-refractivity contribution in [3.05, 3.63) is 40.9 Å². The Kier molecular flexibility index (Phi) is 5.04. The lowest BCUT2D eigenvalue weighted by molar-refractivity contribution is -0.0498. The number of aromatic nitrogens is 1. The molecule has 0 bridgehead atoms. The molecule has 1 heterocycles. The van der Waals surface area contributed by atoms with E-state index in [9.17, 15) is 13.6 Å². The molecule has 0 atom stereocenters. The van der Waals surface area contributed by atoms with E-state index in [1.807, 2.05) is 0 Å². The molecule has 0 saturated heterocycles. The number of rotatable bonds is 6. The summed E-state index contributed by atoms with van der Waals surface area (Å²) in [4.78, 5) is 15.6. The maximum atomic E-state index is 12.0. The number of anilines is 1. The number of hydrogen-bond acceptors (Lipinski definition) is 5. The molecule has 0 spiro atoms. The number of amides is 1. The van der Waals surface area contributed by atoms with Gasteiger partial charge in [-0.05, 0) is 24.1 Å². The molecule has 0 unspecified atom stereocenters. The van der Waals surface area contributed by atoms with E-state index in [1.165, 1.54) is 23.5 Å². The van der Waals surface area contributed by atoms with Crippen molar-refractivity contribution in [2.75, 3.05) is 12.3 Å². The number of thiazole rings is 1. The lowest BCUT2D eigenvalue weighted by Crippen LogP contribution is -2.26. The maximum Gasteiger partial charge on any atom is 0.387 e. The van der Waals surface area contributed by atoms with Gasteiger partial charge in [0.15, 0.2) is 5.13 Å². The molecule has 5 nitrogen and oxygen atoms in total. The Bertz CT molecular complexity index is 602. The van der Waals surface area contributed by atoms with E-state index >= 15 is 0 Å². The average Bonchev–Trinajstić information content (AvgIpc) is 2.87. The minimum absolute atomic E-state index is 0.107. The van der Waals surface area contributed by atoms with Gasteiger partial charge in [-0.2, -0.15) is 8.78 Å². The summed E-state index contributed by atoms with van der Waals surface area (Å²) in [5.41, 5.74) is 6.63. The van der Waals surface area contributed by atoms with Crippen molar-refractivity contribution in [3.63, 3.8) is 0 Å². The normalized spacial score (nSPS) is 10.6. The quantitative estimate of drug-likeness (QED) is 0.858. The van der Waals surface area contributed by atoms with E-state index in [0.717, 1.165) is 5.56 Å². The van der Waals surface area contributed by atoms with Gasteiger partial charge in [-0.3, -0.25) is 4.79 Å². The number of carbonyl (C=O) groups is 1. The van der Waals surface area contributed by atoms with Gasteiger partial charge in [0.2, 0.25) is 0 Å².